The van der Waals surface area contributed by atoms with Crippen LogP contribution in [0.15, 0.2) is 60.7 Å². The first-order chi connectivity index (χ1) is 15.1. The fourth-order valence-corrected chi connectivity index (χ4v) is 4.34. The zero-order valence-corrected chi connectivity index (χ0v) is 18.3. The average Bonchev–Trinajstić information content (AvgIpc) is 3.29. The summed E-state index contributed by atoms with van der Waals surface area (Å²) < 4.78 is 5.59. The first-order valence-corrected chi connectivity index (χ1v) is 11.2. The van der Waals surface area contributed by atoms with Gasteiger partial charge in [-0.05, 0) is 96.9 Å². The number of rotatable bonds is 8. The number of aromatic hydroxyl groups is 1. The van der Waals surface area contributed by atoms with E-state index >= 15 is 0 Å². The van der Waals surface area contributed by atoms with Gasteiger partial charge in [-0.15, -0.1) is 0 Å². The van der Waals surface area contributed by atoms with Crippen molar-refractivity contribution in [1.82, 2.24) is 4.90 Å². The van der Waals surface area contributed by atoms with Gasteiger partial charge in [-0.2, -0.15) is 0 Å². The van der Waals surface area contributed by atoms with Crippen molar-refractivity contribution in [3.8, 4) is 22.6 Å². The van der Waals surface area contributed by atoms with E-state index < -0.39 is 0 Å². The predicted molar refractivity (Wildman–Crippen MR) is 127 cm³/mol. The van der Waals surface area contributed by atoms with Gasteiger partial charge in [0, 0.05) is 13.1 Å². The highest BCUT2D eigenvalue weighted by atomic mass is 16.5. The summed E-state index contributed by atoms with van der Waals surface area (Å²) in [5.74, 6) is 1.08. The van der Waals surface area contributed by atoms with Crippen LogP contribution in [0.1, 0.15) is 35.1 Å². The maximum absolute atomic E-state index is 10.1. The quantitative estimate of drug-likeness (QED) is 0.549. The van der Waals surface area contributed by atoms with E-state index in [0.29, 0.717) is 13.2 Å². The molecule has 0 unspecified atom stereocenters. The zero-order chi connectivity index (χ0) is 21.6. The number of ether oxygens (including phenoxy) is 1. The van der Waals surface area contributed by atoms with Gasteiger partial charge in [-0.3, -0.25) is 4.90 Å². The number of nitrogens with two attached hydrogens (primary N) is 1. The maximum Gasteiger partial charge on any atom is 0.119 e. The third kappa shape index (κ3) is 5.46. The van der Waals surface area contributed by atoms with E-state index in [2.05, 4.69) is 30.0 Å². The van der Waals surface area contributed by atoms with Crippen molar-refractivity contribution in [3.63, 3.8) is 0 Å². The van der Waals surface area contributed by atoms with Crippen LogP contribution >= 0.6 is 0 Å². The molecule has 4 heteroatoms. The number of hydrogen-bond donors (Lipinski definition) is 2. The lowest BCUT2D eigenvalue weighted by molar-refractivity contribution is 0.328. The molecule has 0 aromatic heterocycles. The molecule has 162 valence electrons. The molecule has 3 aromatic carbocycles. The number of phenolic OH excluding ortho intramolecular Hbond substituents is 1. The van der Waals surface area contributed by atoms with Crippen LogP contribution < -0.4 is 10.5 Å². The topological polar surface area (TPSA) is 58.7 Å². The Hall–Kier alpha value is -2.82. The first-order valence-electron chi connectivity index (χ1n) is 11.2. The SMILES string of the molecule is Cc1cc(Cc2ccc(O)cc2-c2ccc(OCCN)cc2)ccc1CN1CCCC1. The second-order valence-electron chi connectivity index (χ2n) is 8.42. The molecule has 0 amide bonds. The smallest absolute Gasteiger partial charge is 0.119 e. The number of nitrogens with zero attached hydrogens (tertiary/aromatic N) is 1. The van der Waals surface area contributed by atoms with E-state index in [1.165, 1.54) is 48.2 Å². The molecule has 0 bridgehead atoms. The van der Waals surface area contributed by atoms with Gasteiger partial charge in [-0.25, -0.2) is 0 Å². The van der Waals surface area contributed by atoms with Crippen LogP contribution in [-0.4, -0.2) is 36.2 Å². The number of phenols is 1. The van der Waals surface area contributed by atoms with Crippen LogP contribution in [0, 0.1) is 6.92 Å². The van der Waals surface area contributed by atoms with Crippen LogP contribution in [0.2, 0.25) is 0 Å². The lowest BCUT2D eigenvalue weighted by Gasteiger charge is -2.17. The summed E-state index contributed by atoms with van der Waals surface area (Å²) in [7, 11) is 0. The summed E-state index contributed by atoms with van der Waals surface area (Å²) in [6.07, 6.45) is 3.47. The molecule has 1 fully saturated rings. The monoisotopic (exact) mass is 416 g/mol. The van der Waals surface area contributed by atoms with Crippen molar-refractivity contribution < 1.29 is 9.84 Å². The summed E-state index contributed by atoms with van der Waals surface area (Å²) in [4.78, 5) is 2.54. The number of hydrogen-bond acceptors (Lipinski definition) is 4. The highest BCUT2D eigenvalue weighted by Crippen LogP contribution is 2.31. The molecule has 3 aromatic rings. The zero-order valence-electron chi connectivity index (χ0n) is 18.3. The predicted octanol–water partition coefficient (Wildman–Crippen LogP) is 4.89. The number of likely N-dealkylation sites (tertiary alicyclic amines) is 1. The minimum Gasteiger partial charge on any atom is -0.508 e. The Morgan fingerprint density at radius 1 is 0.935 bits per heavy atom. The van der Waals surface area contributed by atoms with E-state index in [4.69, 9.17) is 10.5 Å². The summed E-state index contributed by atoms with van der Waals surface area (Å²) in [5, 5.41) is 10.1. The molecule has 1 aliphatic rings. The summed E-state index contributed by atoms with van der Waals surface area (Å²) in [5.41, 5.74) is 12.9. The van der Waals surface area contributed by atoms with Crippen LogP contribution in [0.25, 0.3) is 11.1 Å². The summed E-state index contributed by atoms with van der Waals surface area (Å²) >= 11 is 0. The van der Waals surface area contributed by atoms with Crippen molar-refractivity contribution in [2.45, 2.75) is 32.7 Å². The molecule has 1 aliphatic heterocycles. The standard InChI is InChI=1S/C27H32N2O2/c1-20-16-21(4-5-24(20)19-29-13-2-3-14-29)17-23-6-9-25(30)18-27(23)22-7-10-26(11-8-22)31-15-12-28/h4-11,16,18,30H,2-3,12-15,17,19,28H2,1H3. The maximum atomic E-state index is 10.1. The third-order valence-corrected chi connectivity index (χ3v) is 6.04. The molecular formula is C27H32N2O2. The van der Waals surface area contributed by atoms with Gasteiger partial charge in [0.05, 0.1) is 0 Å². The van der Waals surface area contributed by atoms with Gasteiger partial charge in [0.15, 0.2) is 0 Å². The fraction of sp³-hybridized carbons (Fsp3) is 0.333. The van der Waals surface area contributed by atoms with E-state index in [-0.39, 0.29) is 5.75 Å². The Morgan fingerprint density at radius 2 is 1.68 bits per heavy atom. The van der Waals surface area contributed by atoms with E-state index in [1.54, 1.807) is 6.07 Å². The number of aryl methyl sites for hydroxylation is 1. The molecule has 0 spiro atoms. The van der Waals surface area contributed by atoms with Gasteiger partial charge < -0.3 is 15.6 Å². The third-order valence-electron chi connectivity index (χ3n) is 6.04. The lowest BCUT2D eigenvalue weighted by atomic mass is 9.93. The normalized spacial score (nSPS) is 14.1. The molecule has 4 rings (SSSR count). The Balaban J connectivity index is 1.54. The molecule has 0 saturated carbocycles. The van der Waals surface area contributed by atoms with Gasteiger partial charge in [-0.1, -0.05) is 36.4 Å². The largest absolute Gasteiger partial charge is 0.508 e. The second kappa shape index (κ2) is 9.99. The van der Waals surface area contributed by atoms with Gasteiger partial charge in [0.1, 0.15) is 18.1 Å². The Bertz CT molecular complexity index is 1010. The molecule has 4 nitrogen and oxygen atoms in total. The van der Waals surface area contributed by atoms with Crippen LogP contribution in [0.4, 0.5) is 0 Å². The van der Waals surface area contributed by atoms with E-state index in [0.717, 1.165) is 29.8 Å². The fourth-order valence-electron chi connectivity index (χ4n) is 4.34. The molecule has 31 heavy (non-hydrogen) atoms. The average molecular weight is 417 g/mol. The van der Waals surface area contributed by atoms with Crippen LogP contribution in [0.5, 0.6) is 11.5 Å². The first kappa shape index (κ1) is 21.4. The molecule has 0 aliphatic carbocycles. The molecule has 3 N–H and O–H groups in total. The van der Waals surface area contributed by atoms with Crippen molar-refractivity contribution >= 4 is 0 Å². The van der Waals surface area contributed by atoms with Gasteiger partial charge in [0.2, 0.25) is 0 Å². The molecule has 1 saturated heterocycles. The second-order valence-corrected chi connectivity index (χ2v) is 8.42. The van der Waals surface area contributed by atoms with Gasteiger partial charge in [0.25, 0.3) is 0 Å². The highest BCUT2D eigenvalue weighted by Gasteiger charge is 2.14. The molecule has 0 atom stereocenters. The van der Waals surface area contributed by atoms with Crippen molar-refractivity contribution in [2.75, 3.05) is 26.2 Å². The Labute approximate surface area is 185 Å². The summed E-state index contributed by atoms with van der Waals surface area (Å²) in [6.45, 7) is 6.70. The van der Waals surface area contributed by atoms with Gasteiger partial charge >= 0.3 is 0 Å². The van der Waals surface area contributed by atoms with Crippen molar-refractivity contribution in [2.24, 2.45) is 5.73 Å². The molecular weight excluding hydrogens is 384 g/mol. The minimum atomic E-state index is 0.277. The number of benzene rings is 3. The highest BCUT2D eigenvalue weighted by molar-refractivity contribution is 5.70. The summed E-state index contributed by atoms with van der Waals surface area (Å²) in [6, 6.07) is 20.5. The minimum absolute atomic E-state index is 0.277. The van der Waals surface area contributed by atoms with Crippen molar-refractivity contribution in [3.05, 3.63) is 82.9 Å². The van der Waals surface area contributed by atoms with E-state index in [9.17, 15) is 5.11 Å². The lowest BCUT2D eigenvalue weighted by Crippen LogP contribution is -2.18. The Morgan fingerprint density at radius 3 is 2.39 bits per heavy atom. The molecule has 0 radical (unpaired) electrons. The Kier molecular flexibility index (Phi) is 6.90. The van der Waals surface area contributed by atoms with Crippen LogP contribution in [-0.2, 0) is 13.0 Å². The van der Waals surface area contributed by atoms with Crippen molar-refractivity contribution in [1.29, 1.82) is 0 Å². The van der Waals surface area contributed by atoms with E-state index in [1.807, 2.05) is 36.4 Å². The molecule has 1 heterocycles. The van der Waals surface area contributed by atoms with Crippen LogP contribution in [0.3, 0.4) is 0 Å².